The molecule has 1 saturated heterocycles. The fourth-order valence-corrected chi connectivity index (χ4v) is 3.53. The van der Waals surface area contributed by atoms with Gasteiger partial charge < -0.3 is 15.1 Å². The number of halogens is 1. The average Bonchev–Trinajstić information content (AvgIpc) is 3.03. The van der Waals surface area contributed by atoms with E-state index in [1.165, 1.54) is 4.80 Å². The highest BCUT2D eigenvalue weighted by Gasteiger charge is 2.23. The van der Waals surface area contributed by atoms with Crippen LogP contribution in [0.25, 0.3) is 11.0 Å². The van der Waals surface area contributed by atoms with E-state index in [2.05, 4.69) is 20.8 Å². The molecule has 28 heavy (non-hydrogen) atoms. The molecule has 2 N–H and O–H groups in total. The summed E-state index contributed by atoms with van der Waals surface area (Å²) in [6.45, 7) is 3.52. The second-order valence-electron chi connectivity index (χ2n) is 6.85. The molecular weight excluding hydrogens is 382 g/mol. The van der Waals surface area contributed by atoms with Crippen molar-refractivity contribution in [2.45, 2.75) is 25.7 Å². The fraction of sp³-hybridized carbons (Fsp3) is 0.368. The maximum absolute atomic E-state index is 12.8. The summed E-state index contributed by atoms with van der Waals surface area (Å²) in [5.74, 6) is 0.292. The number of benzene rings is 1. The third-order valence-electron chi connectivity index (χ3n) is 4.85. The lowest BCUT2D eigenvalue weighted by atomic mass is 9.95. The van der Waals surface area contributed by atoms with E-state index in [-0.39, 0.29) is 23.9 Å². The molecule has 3 heterocycles. The van der Waals surface area contributed by atoms with Crippen molar-refractivity contribution in [3.8, 4) is 0 Å². The van der Waals surface area contributed by atoms with Crippen LogP contribution in [0.1, 0.15) is 40.4 Å². The Morgan fingerprint density at radius 3 is 2.89 bits per heavy atom. The number of aryl methyl sites for hydroxylation is 2. The highest BCUT2D eigenvalue weighted by Crippen LogP contribution is 2.24. The van der Waals surface area contributed by atoms with Crippen LogP contribution in [-0.2, 0) is 7.05 Å². The zero-order chi connectivity index (χ0) is 19.0. The second kappa shape index (κ2) is 8.12. The number of carbonyl (C=O) groups is 1. The van der Waals surface area contributed by atoms with Crippen LogP contribution in [0.2, 0.25) is 0 Å². The van der Waals surface area contributed by atoms with E-state index >= 15 is 0 Å². The number of hydrogen-bond acceptors (Lipinski definition) is 6. The maximum atomic E-state index is 12.8. The molecule has 1 amide bonds. The van der Waals surface area contributed by atoms with Crippen LogP contribution in [0.15, 0.2) is 33.5 Å². The van der Waals surface area contributed by atoms with Crippen molar-refractivity contribution >= 4 is 35.0 Å². The molecule has 0 spiro atoms. The molecule has 0 radical (unpaired) electrons. The van der Waals surface area contributed by atoms with Gasteiger partial charge in [-0.1, -0.05) is 6.07 Å². The lowest BCUT2D eigenvalue weighted by Gasteiger charge is -2.22. The van der Waals surface area contributed by atoms with Crippen molar-refractivity contribution in [3.05, 3.63) is 51.6 Å². The van der Waals surface area contributed by atoms with Crippen molar-refractivity contribution in [2.75, 3.05) is 18.4 Å². The molecule has 8 nitrogen and oxygen atoms in total. The second-order valence-corrected chi connectivity index (χ2v) is 6.85. The lowest BCUT2D eigenvalue weighted by Crippen LogP contribution is -2.30. The largest absolute Gasteiger partial charge is 0.427 e. The quantitative estimate of drug-likeness (QED) is 0.696. The number of piperidine rings is 1. The average molecular weight is 404 g/mol. The normalized spacial score (nSPS) is 16.6. The van der Waals surface area contributed by atoms with E-state index in [1.807, 2.05) is 6.07 Å². The SMILES string of the molecule is Cc1cc(C2CCCNC2)oc(=O)c1C(=O)Nc1cccc2nn(C)nc12.Cl. The monoisotopic (exact) mass is 403 g/mol. The van der Waals surface area contributed by atoms with Crippen molar-refractivity contribution in [3.63, 3.8) is 0 Å². The smallest absolute Gasteiger partial charge is 0.349 e. The van der Waals surface area contributed by atoms with Gasteiger partial charge in [-0.05, 0) is 50.1 Å². The van der Waals surface area contributed by atoms with E-state index in [1.54, 1.807) is 32.2 Å². The predicted octanol–water partition coefficient (Wildman–Crippen LogP) is 2.37. The Morgan fingerprint density at radius 2 is 2.18 bits per heavy atom. The van der Waals surface area contributed by atoms with Crippen LogP contribution < -0.4 is 16.3 Å². The summed E-state index contributed by atoms with van der Waals surface area (Å²) in [6, 6.07) is 7.12. The molecule has 1 aliphatic heterocycles. The van der Waals surface area contributed by atoms with E-state index in [4.69, 9.17) is 4.42 Å². The molecule has 1 unspecified atom stereocenters. The van der Waals surface area contributed by atoms with E-state index in [9.17, 15) is 9.59 Å². The van der Waals surface area contributed by atoms with Gasteiger partial charge in [-0.2, -0.15) is 15.0 Å². The third kappa shape index (κ3) is 3.79. The summed E-state index contributed by atoms with van der Waals surface area (Å²) in [7, 11) is 1.71. The molecule has 0 aliphatic carbocycles. The van der Waals surface area contributed by atoms with Crippen LogP contribution in [-0.4, -0.2) is 34.0 Å². The van der Waals surface area contributed by atoms with Crippen molar-refractivity contribution in [2.24, 2.45) is 7.05 Å². The van der Waals surface area contributed by atoms with Gasteiger partial charge in [0.2, 0.25) is 0 Å². The minimum absolute atomic E-state index is 0. The zero-order valence-corrected chi connectivity index (χ0v) is 16.5. The van der Waals surface area contributed by atoms with Gasteiger partial charge in [0.1, 0.15) is 22.4 Å². The number of anilines is 1. The first-order valence-corrected chi connectivity index (χ1v) is 8.99. The molecule has 1 fully saturated rings. The highest BCUT2D eigenvalue weighted by molar-refractivity contribution is 6.08. The predicted molar refractivity (Wildman–Crippen MR) is 108 cm³/mol. The molecule has 9 heteroatoms. The molecule has 1 aromatic carbocycles. The Balaban J connectivity index is 0.00000225. The van der Waals surface area contributed by atoms with Gasteiger partial charge in [0, 0.05) is 19.5 Å². The van der Waals surface area contributed by atoms with E-state index in [0.717, 1.165) is 25.9 Å². The first-order valence-electron chi connectivity index (χ1n) is 8.99. The first kappa shape index (κ1) is 20.0. The Morgan fingerprint density at radius 1 is 1.36 bits per heavy atom. The molecular formula is C19H22ClN5O3. The van der Waals surface area contributed by atoms with Crippen molar-refractivity contribution in [1.29, 1.82) is 0 Å². The van der Waals surface area contributed by atoms with Crippen LogP contribution in [0, 0.1) is 6.92 Å². The zero-order valence-electron chi connectivity index (χ0n) is 15.7. The summed E-state index contributed by atoms with van der Waals surface area (Å²) in [6.07, 6.45) is 2.01. The number of carbonyl (C=O) groups excluding carboxylic acids is 1. The van der Waals surface area contributed by atoms with Crippen molar-refractivity contribution < 1.29 is 9.21 Å². The summed E-state index contributed by atoms with van der Waals surface area (Å²) >= 11 is 0. The van der Waals surface area contributed by atoms with Gasteiger partial charge in [0.05, 0.1) is 5.69 Å². The molecule has 1 atom stereocenters. The minimum atomic E-state index is -0.612. The van der Waals surface area contributed by atoms with Crippen LogP contribution in [0.5, 0.6) is 0 Å². The maximum Gasteiger partial charge on any atom is 0.349 e. The minimum Gasteiger partial charge on any atom is -0.427 e. The number of nitrogens with one attached hydrogen (secondary N) is 2. The standard InChI is InChI=1S/C19H21N5O3.ClH/c1-11-9-15(12-5-4-8-20-10-12)27-19(26)16(11)18(25)21-13-6-3-7-14-17(13)23-24(2)22-14;/h3,6-7,9,12,20H,4-5,8,10H2,1-2H3,(H,21,25);1H. The van der Waals surface area contributed by atoms with E-state index in [0.29, 0.717) is 28.0 Å². The molecule has 0 saturated carbocycles. The van der Waals surface area contributed by atoms with Crippen LogP contribution >= 0.6 is 12.4 Å². The van der Waals surface area contributed by atoms with Gasteiger partial charge in [-0.15, -0.1) is 12.4 Å². The number of rotatable bonds is 3. The van der Waals surface area contributed by atoms with Gasteiger partial charge in [-0.25, -0.2) is 4.79 Å². The molecule has 1 aliphatic rings. The fourth-order valence-electron chi connectivity index (χ4n) is 3.53. The Kier molecular flexibility index (Phi) is 5.81. The summed E-state index contributed by atoms with van der Waals surface area (Å²) < 4.78 is 5.49. The number of aromatic nitrogens is 3. The Labute approximate surface area is 167 Å². The first-order chi connectivity index (χ1) is 13.0. The van der Waals surface area contributed by atoms with Gasteiger partial charge in [-0.3, -0.25) is 4.79 Å². The molecule has 2 aromatic heterocycles. The van der Waals surface area contributed by atoms with Gasteiger partial charge in [0.15, 0.2) is 0 Å². The lowest BCUT2D eigenvalue weighted by molar-refractivity contribution is 0.102. The number of fused-ring (bicyclic) bond motifs is 1. The van der Waals surface area contributed by atoms with E-state index < -0.39 is 11.5 Å². The summed E-state index contributed by atoms with van der Waals surface area (Å²) in [5.41, 5.74) is 1.75. The van der Waals surface area contributed by atoms with Crippen LogP contribution in [0.3, 0.4) is 0 Å². The molecule has 3 aromatic rings. The van der Waals surface area contributed by atoms with Gasteiger partial charge in [0.25, 0.3) is 5.91 Å². The molecule has 148 valence electrons. The number of hydrogen-bond donors (Lipinski definition) is 2. The van der Waals surface area contributed by atoms with Gasteiger partial charge >= 0.3 is 5.63 Å². The highest BCUT2D eigenvalue weighted by atomic mass is 35.5. The van der Waals surface area contributed by atoms with Crippen molar-refractivity contribution in [1.82, 2.24) is 20.3 Å². The molecule has 4 rings (SSSR count). The Bertz CT molecular complexity index is 1070. The number of nitrogens with zero attached hydrogens (tertiary/aromatic N) is 3. The topological polar surface area (TPSA) is 102 Å². The molecule has 0 bridgehead atoms. The Hall–Kier alpha value is -2.71. The summed E-state index contributed by atoms with van der Waals surface area (Å²) in [5, 5.41) is 14.6. The van der Waals surface area contributed by atoms with Crippen LogP contribution in [0.4, 0.5) is 5.69 Å². The summed E-state index contributed by atoms with van der Waals surface area (Å²) in [4.78, 5) is 26.7. The third-order valence-corrected chi connectivity index (χ3v) is 4.85. The number of amides is 1.